The number of hydrogen-bond acceptors (Lipinski definition) is 2. The van der Waals surface area contributed by atoms with Crippen LogP contribution in [0.3, 0.4) is 0 Å². The molecule has 2 amide bonds. The van der Waals surface area contributed by atoms with Crippen molar-refractivity contribution in [2.75, 3.05) is 20.1 Å². The molecule has 0 heterocycles. The van der Waals surface area contributed by atoms with Gasteiger partial charge in [0.1, 0.15) is 0 Å². The molecular weight excluding hydrogens is 168 g/mol. The van der Waals surface area contributed by atoms with E-state index in [9.17, 15) is 9.59 Å². The molecule has 0 rings (SSSR count). The lowest BCUT2D eigenvalue weighted by Gasteiger charge is -2.18. The highest BCUT2D eigenvalue weighted by Crippen LogP contribution is 1.93. The average Bonchev–Trinajstić information content (AvgIpc) is 2.15. The summed E-state index contributed by atoms with van der Waals surface area (Å²) in [5, 5.41) is 2.47. The molecule has 0 saturated carbocycles. The van der Waals surface area contributed by atoms with E-state index >= 15 is 0 Å². The minimum atomic E-state index is -0.203. The lowest BCUT2D eigenvalue weighted by molar-refractivity contribution is -0.132. The number of nitrogens with one attached hydrogen (secondary N) is 1. The third kappa shape index (κ3) is 4.30. The van der Waals surface area contributed by atoms with E-state index in [0.29, 0.717) is 6.54 Å². The van der Waals surface area contributed by atoms with Crippen molar-refractivity contribution < 1.29 is 9.59 Å². The Morgan fingerprint density at radius 2 is 2.15 bits per heavy atom. The zero-order chi connectivity index (χ0) is 10.3. The number of nitrogens with zero attached hydrogens (tertiary/aromatic N) is 1. The minimum Gasteiger partial charge on any atom is -0.358 e. The summed E-state index contributed by atoms with van der Waals surface area (Å²) in [7, 11) is 1.55. The lowest BCUT2D eigenvalue weighted by Crippen LogP contribution is -2.39. The summed E-state index contributed by atoms with van der Waals surface area (Å²) in [6, 6.07) is 0. The SMILES string of the molecule is C=CC(=O)N(CCC)CC(=O)NC. The molecule has 0 saturated heterocycles. The highest BCUT2D eigenvalue weighted by Gasteiger charge is 2.11. The van der Waals surface area contributed by atoms with Gasteiger partial charge in [0.25, 0.3) is 0 Å². The van der Waals surface area contributed by atoms with Gasteiger partial charge in [-0.1, -0.05) is 13.5 Å². The van der Waals surface area contributed by atoms with Gasteiger partial charge in [0.15, 0.2) is 0 Å². The van der Waals surface area contributed by atoms with E-state index < -0.39 is 0 Å². The Labute approximate surface area is 78.6 Å². The van der Waals surface area contributed by atoms with Crippen LogP contribution in [0.15, 0.2) is 12.7 Å². The van der Waals surface area contributed by atoms with Gasteiger partial charge >= 0.3 is 0 Å². The molecular formula is C9H16N2O2. The van der Waals surface area contributed by atoms with Gasteiger partial charge in [-0.2, -0.15) is 0 Å². The van der Waals surface area contributed by atoms with Crippen LogP contribution in [0.25, 0.3) is 0 Å². The molecule has 0 aliphatic rings. The van der Waals surface area contributed by atoms with E-state index in [1.807, 2.05) is 6.92 Å². The maximum atomic E-state index is 11.2. The molecule has 0 aromatic rings. The summed E-state index contributed by atoms with van der Waals surface area (Å²) >= 11 is 0. The Hall–Kier alpha value is -1.32. The maximum absolute atomic E-state index is 11.2. The van der Waals surface area contributed by atoms with Crippen molar-refractivity contribution in [1.82, 2.24) is 10.2 Å². The van der Waals surface area contributed by atoms with Crippen molar-refractivity contribution >= 4 is 11.8 Å². The molecule has 0 aliphatic heterocycles. The van der Waals surface area contributed by atoms with Crippen LogP contribution in [0, 0.1) is 0 Å². The first-order chi connectivity index (χ1) is 6.15. The maximum Gasteiger partial charge on any atom is 0.246 e. The van der Waals surface area contributed by atoms with Gasteiger partial charge in [-0.05, 0) is 12.5 Å². The van der Waals surface area contributed by atoms with Crippen molar-refractivity contribution in [1.29, 1.82) is 0 Å². The highest BCUT2D eigenvalue weighted by atomic mass is 16.2. The quantitative estimate of drug-likeness (QED) is 0.619. The van der Waals surface area contributed by atoms with Gasteiger partial charge in [0.2, 0.25) is 11.8 Å². The standard InChI is InChI=1S/C9H16N2O2/c1-4-6-11(9(13)5-2)7-8(12)10-3/h5H,2,4,6-7H2,1,3H3,(H,10,12). The first kappa shape index (κ1) is 11.7. The normalized spacial score (nSPS) is 9.08. The average molecular weight is 184 g/mol. The fourth-order valence-corrected chi connectivity index (χ4v) is 0.919. The van der Waals surface area contributed by atoms with Crippen LogP contribution in [0.2, 0.25) is 0 Å². The first-order valence-corrected chi connectivity index (χ1v) is 4.27. The highest BCUT2D eigenvalue weighted by molar-refractivity contribution is 5.90. The van der Waals surface area contributed by atoms with E-state index in [1.165, 1.54) is 11.0 Å². The molecule has 0 aromatic heterocycles. The van der Waals surface area contributed by atoms with E-state index in [-0.39, 0.29) is 18.4 Å². The Morgan fingerprint density at radius 1 is 1.54 bits per heavy atom. The zero-order valence-electron chi connectivity index (χ0n) is 8.17. The molecule has 74 valence electrons. The summed E-state index contributed by atoms with van der Waals surface area (Å²) in [5.41, 5.74) is 0. The van der Waals surface area contributed by atoms with Crippen LogP contribution in [-0.4, -0.2) is 36.9 Å². The fourth-order valence-electron chi connectivity index (χ4n) is 0.919. The second kappa shape index (κ2) is 6.22. The largest absolute Gasteiger partial charge is 0.358 e. The van der Waals surface area contributed by atoms with Crippen LogP contribution in [0.4, 0.5) is 0 Å². The van der Waals surface area contributed by atoms with Crippen molar-refractivity contribution in [2.24, 2.45) is 0 Å². The number of likely N-dealkylation sites (N-methyl/N-ethyl adjacent to an activating group) is 1. The minimum absolute atomic E-state index is 0.106. The number of amides is 2. The third-order valence-corrected chi connectivity index (χ3v) is 1.59. The topological polar surface area (TPSA) is 49.4 Å². The van der Waals surface area contributed by atoms with Crippen LogP contribution in [-0.2, 0) is 9.59 Å². The van der Waals surface area contributed by atoms with Crippen molar-refractivity contribution in [2.45, 2.75) is 13.3 Å². The van der Waals surface area contributed by atoms with Crippen molar-refractivity contribution in [3.8, 4) is 0 Å². The summed E-state index contributed by atoms with van der Waals surface area (Å²) in [6.45, 7) is 6.01. The van der Waals surface area contributed by atoms with Crippen LogP contribution in [0.1, 0.15) is 13.3 Å². The van der Waals surface area contributed by atoms with Crippen LogP contribution in [0.5, 0.6) is 0 Å². The summed E-state index contributed by atoms with van der Waals surface area (Å²) < 4.78 is 0. The van der Waals surface area contributed by atoms with Gasteiger partial charge in [0, 0.05) is 13.6 Å². The van der Waals surface area contributed by atoms with Crippen LogP contribution < -0.4 is 5.32 Å². The molecule has 0 aliphatic carbocycles. The molecule has 13 heavy (non-hydrogen) atoms. The Bertz CT molecular complexity index is 202. The number of hydrogen-bond donors (Lipinski definition) is 1. The zero-order valence-corrected chi connectivity index (χ0v) is 8.17. The molecule has 0 radical (unpaired) electrons. The molecule has 0 fully saturated rings. The summed E-state index contributed by atoms with van der Waals surface area (Å²) in [5.74, 6) is -0.367. The molecule has 4 nitrogen and oxygen atoms in total. The molecule has 4 heteroatoms. The predicted octanol–water partition coefficient (Wildman–Crippen LogP) is 0.157. The predicted molar refractivity (Wildman–Crippen MR) is 51.1 cm³/mol. The molecule has 1 N–H and O–H groups in total. The number of carbonyl (C=O) groups is 2. The summed E-state index contributed by atoms with van der Waals surface area (Å²) in [6.07, 6.45) is 2.05. The lowest BCUT2D eigenvalue weighted by atomic mass is 10.3. The number of rotatable bonds is 5. The molecule has 0 spiro atoms. The monoisotopic (exact) mass is 184 g/mol. The second-order valence-corrected chi connectivity index (χ2v) is 2.64. The fraction of sp³-hybridized carbons (Fsp3) is 0.556. The third-order valence-electron chi connectivity index (χ3n) is 1.59. The Morgan fingerprint density at radius 3 is 2.54 bits per heavy atom. The molecule has 0 unspecified atom stereocenters. The van der Waals surface area contributed by atoms with Gasteiger partial charge in [-0.15, -0.1) is 0 Å². The van der Waals surface area contributed by atoms with E-state index in [0.717, 1.165) is 6.42 Å². The Kier molecular flexibility index (Phi) is 5.59. The molecule has 0 bridgehead atoms. The Balaban J connectivity index is 4.16. The van der Waals surface area contributed by atoms with Crippen molar-refractivity contribution in [3.05, 3.63) is 12.7 Å². The van der Waals surface area contributed by atoms with Gasteiger partial charge in [-0.25, -0.2) is 0 Å². The van der Waals surface area contributed by atoms with E-state index in [1.54, 1.807) is 7.05 Å². The van der Waals surface area contributed by atoms with E-state index in [4.69, 9.17) is 0 Å². The van der Waals surface area contributed by atoms with Gasteiger partial charge in [-0.3, -0.25) is 9.59 Å². The first-order valence-electron chi connectivity index (χ1n) is 4.27. The second-order valence-electron chi connectivity index (χ2n) is 2.64. The van der Waals surface area contributed by atoms with E-state index in [2.05, 4.69) is 11.9 Å². The molecule has 0 atom stereocenters. The van der Waals surface area contributed by atoms with Crippen LogP contribution >= 0.6 is 0 Å². The summed E-state index contributed by atoms with van der Waals surface area (Å²) in [4.78, 5) is 23.6. The van der Waals surface area contributed by atoms with Gasteiger partial charge in [0.05, 0.1) is 6.54 Å². The number of carbonyl (C=O) groups excluding carboxylic acids is 2. The molecule has 0 aromatic carbocycles. The smallest absolute Gasteiger partial charge is 0.246 e. The van der Waals surface area contributed by atoms with Crippen molar-refractivity contribution in [3.63, 3.8) is 0 Å². The van der Waals surface area contributed by atoms with Gasteiger partial charge < -0.3 is 10.2 Å².